The maximum atomic E-state index is 13.0. The maximum Gasteiger partial charge on any atom is 0.416 e. The molecule has 26 heavy (non-hydrogen) atoms. The molecule has 9 heteroatoms. The summed E-state index contributed by atoms with van der Waals surface area (Å²) < 4.78 is 83.1. The average molecular weight is 399 g/mol. The van der Waals surface area contributed by atoms with Gasteiger partial charge in [0.1, 0.15) is 5.75 Å². The molecule has 0 fully saturated rings. The Morgan fingerprint density at radius 1 is 0.846 bits per heavy atom. The van der Waals surface area contributed by atoms with Crippen molar-refractivity contribution in [3.8, 4) is 16.9 Å². The molecule has 142 valence electrons. The molecule has 2 rings (SSSR count). The van der Waals surface area contributed by atoms with Gasteiger partial charge >= 0.3 is 12.4 Å². The summed E-state index contributed by atoms with van der Waals surface area (Å²) in [6.45, 7) is -0.0457. The van der Waals surface area contributed by atoms with E-state index in [4.69, 9.17) is 21.4 Å². The Bertz CT molecular complexity index is 739. The molecule has 0 amide bonds. The molecule has 0 aromatic heterocycles. The van der Waals surface area contributed by atoms with E-state index in [9.17, 15) is 26.3 Å². The molecule has 0 aliphatic rings. The van der Waals surface area contributed by atoms with E-state index in [0.29, 0.717) is 18.6 Å². The monoisotopic (exact) mass is 398 g/mol. The normalized spacial score (nSPS) is 12.3. The van der Waals surface area contributed by atoms with Crippen LogP contribution in [0.2, 0.25) is 5.02 Å². The number of aliphatic hydroxyl groups excluding tert-OH is 1. The molecule has 0 saturated carbocycles. The minimum atomic E-state index is -4.93. The molecule has 0 radical (unpaired) electrons. The topological polar surface area (TPSA) is 29.5 Å². The van der Waals surface area contributed by atoms with Gasteiger partial charge in [0.2, 0.25) is 0 Å². The van der Waals surface area contributed by atoms with Crippen molar-refractivity contribution in [2.24, 2.45) is 0 Å². The molecular weight excluding hydrogens is 386 g/mol. The smallest absolute Gasteiger partial charge is 0.416 e. The zero-order valence-electron chi connectivity index (χ0n) is 13.1. The molecule has 2 aromatic carbocycles. The van der Waals surface area contributed by atoms with Gasteiger partial charge in [-0.15, -0.1) is 0 Å². The van der Waals surface area contributed by atoms with Crippen LogP contribution < -0.4 is 4.74 Å². The molecule has 2 aromatic rings. The molecule has 0 bridgehead atoms. The fourth-order valence-corrected chi connectivity index (χ4v) is 2.33. The number of benzene rings is 2. The van der Waals surface area contributed by atoms with Crippen LogP contribution in [0.5, 0.6) is 5.75 Å². The van der Waals surface area contributed by atoms with Gasteiger partial charge in [-0.05, 0) is 41.5 Å². The van der Waals surface area contributed by atoms with Crippen molar-refractivity contribution in [3.63, 3.8) is 0 Å². The van der Waals surface area contributed by atoms with Gasteiger partial charge in [-0.1, -0.05) is 17.7 Å². The second kappa shape index (κ2) is 7.75. The highest BCUT2D eigenvalue weighted by Crippen LogP contribution is 2.39. The van der Waals surface area contributed by atoms with Crippen LogP contribution in [0, 0.1) is 0 Å². The summed E-state index contributed by atoms with van der Waals surface area (Å²) in [7, 11) is 0. The molecule has 2 nitrogen and oxygen atoms in total. The van der Waals surface area contributed by atoms with Crippen molar-refractivity contribution >= 4 is 11.6 Å². The Balaban J connectivity index is 2.52. The number of alkyl halides is 6. The van der Waals surface area contributed by atoms with E-state index >= 15 is 0 Å². The summed E-state index contributed by atoms with van der Waals surface area (Å²) in [4.78, 5) is 0. The third kappa shape index (κ3) is 5.04. The van der Waals surface area contributed by atoms with Crippen molar-refractivity contribution < 1.29 is 36.2 Å². The lowest BCUT2D eigenvalue weighted by molar-refractivity contribution is -0.143. The van der Waals surface area contributed by atoms with E-state index in [0.717, 1.165) is 0 Å². The highest BCUT2D eigenvalue weighted by molar-refractivity contribution is 6.32. The minimum Gasteiger partial charge on any atom is -0.492 e. The molecule has 0 heterocycles. The second-order valence-electron chi connectivity index (χ2n) is 5.37. The van der Waals surface area contributed by atoms with Crippen LogP contribution in [0.3, 0.4) is 0 Å². The van der Waals surface area contributed by atoms with Crippen molar-refractivity contribution in [1.29, 1.82) is 0 Å². The first-order valence-corrected chi connectivity index (χ1v) is 7.73. The minimum absolute atomic E-state index is 0.0675. The van der Waals surface area contributed by atoms with Gasteiger partial charge in [-0.25, -0.2) is 0 Å². The Labute approximate surface area is 150 Å². The molecule has 0 atom stereocenters. The van der Waals surface area contributed by atoms with Crippen molar-refractivity contribution in [2.45, 2.75) is 18.8 Å². The number of aliphatic hydroxyl groups is 1. The molecule has 0 aliphatic carbocycles. The predicted octanol–water partition coefficient (Wildman–Crippen LogP) is 5.81. The average Bonchev–Trinajstić information content (AvgIpc) is 2.54. The van der Waals surface area contributed by atoms with Crippen LogP contribution in [0.4, 0.5) is 26.3 Å². The van der Waals surface area contributed by atoms with Crippen LogP contribution in [0.25, 0.3) is 11.1 Å². The third-order valence-corrected chi connectivity index (χ3v) is 3.72. The first-order valence-electron chi connectivity index (χ1n) is 7.35. The molecule has 0 unspecified atom stereocenters. The van der Waals surface area contributed by atoms with Gasteiger partial charge in [0.15, 0.2) is 0 Å². The summed E-state index contributed by atoms with van der Waals surface area (Å²) in [5.74, 6) is 0.101. The number of ether oxygens (including phenoxy) is 1. The van der Waals surface area contributed by atoms with E-state index in [1.165, 1.54) is 18.2 Å². The molecule has 0 aliphatic heterocycles. The van der Waals surface area contributed by atoms with Gasteiger partial charge in [-0.3, -0.25) is 0 Å². The Morgan fingerprint density at radius 2 is 1.42 bits per heavy atom. The quantitative estimate of drug-likeness (QED) is 0.509. The lowest BCUT2D eigenvalue weighted by atomic mass is 9.99. The second-order valence-corrected chi connectivity index (χ2v) is 5.77. The SMILES string of the molecule is OCCCOc1cc(-c2cc(C(F)(F)F)cc(C(F)(F)F)c2)ccc1Cl. The summed E-state index contributed by atoms with van der Waals surface area (Å²) in [6, 6.07) is 5.22. The summed E-state index contributed by atoms with van der Waals surface area (Å²) in [5, 5.41) is 8.88. The van der Waals surface area contributed by atoms with Crippen molar-refractivity contribution in [1.82, 2.24) is 0 Å². The van der Waals surface area contributed by atoms with Crippen LogP contribution in [0.15, 0.2) is 36.4 Å². The van der Waals surface area contributed by atoms with Crippen LogP contribution in [0.1, 0.15) is 17.5 Å². The van der Waals surface area contributed by atoms with Gasteiger partial charge in [-0.2, -0.15) is 26.3 Å². The van der Waals surface area contributed by atoms with E-state index in [-0.39, 0.29) is 41.2 Å². The van der Waals surface area contributed by atoms with E-state index in [2.05, 4.69) is 0 Å². The van der Waals surface area contributed by atoms with Crippen molar-refractivity contribution in [2.75, 3.05) is 13.2 Å². The molecule has 0 saturated heterocycles. The summed E-state index contributed by atoms with van der Waals surface area (Å²) >= 11 is 5.92. The number of hydrogen-bond acceptors (Lipinski definition) is 2. The third-order valence-electron chi connectivity index (χ3n) is 3.41. The Hall–Kier alpha value is -1.93. The van der Waals surface area contributed by atoms with Gasteiger partial charge in [0.25, 0.3) is 0 Å². The summed E-state index contributed by atoms with van der Waals surface area (Å²) in [5.41, 5.74) is -2.99. The van der Waals surface area contributed by atoms with E-state index < -0.39 is 23.5 Å². The fraction of sp³-hybridized carbons (Fsp3) is 0.294. The van der Waals surface area contributed by atoms with Gasteiger partial charge in [0, 0.05) is 13.0 Å². The van der Waals surface area contributed by atoms with Crippen molar-refractivity contribution in [3.05, 3.63) is 52.5 Å². The highest BCUT2D eigenvalue weighted by Gasteiger charge is 2.37. The Morgan fingerprint density at radius 3 is 1.92 bits per heavy atom. The molecule has 0 spiro atoms. The standard InChI is InChI=1S/C17H13ClF6O2/c18-14-3-2-10(8-15(14)26-5-1-4-25)11-6-12(16(19,20)21)9-13(7-11)17(22,23)24/h2-3,6-9,25H,1,4-5H2. The van der Waals surface area contributed by atoms with Gasteiger partial charge in [0.05, 0.1) is 22.8 Å². The number of hydrogen-bond donors (Lipinski definition) is 1. The van der Waals surface area contributed by atoms with Gasteiger partial charge < -0.3 is 9.84 Å². The highest BCUT2D eigenvalue weighted by atomic mass is 35.5. The number of rotatable bonds is 5. The van der Waals surface area contributed by atoms with E-state index in [1.807, 2.05) is 0 Å². The zero-order valence-corrected chi connectivity index (χ0v) is 13.8. The lowest BCUT2D eigenvalue weighted by Crippen LogP contribution is -2.11. The van der Waals surface area contributed by atoms with Crippen LogP contribution in [-0.2, 0) is 12.4 Å². The number of halogens is 7. The van der Waals surface area contributed by atoms with Crippen LogP contribution in [-0.4, -0.2) is 18.3 Å². The predicted molar refractivity (Wildman–Crippen MR) is 84.1 cm³/mol. The molecular formula is C17H13ClF6O2. The molecule has 1 N–H and O–H groups in total. The largest absolute Gasteiger partial charge is 0.492 e. The first-order chi connectivity index (χ1) is 12.0. The zero-order chi connectivity index (χ0) is 19.5. The fourth-order valence-electron chi connectivity index (χ4n) is 2.16. The van der Waals surface area contributed by atoms with E-state index in [1.54, 1.807) is 0 Å². The maximum absolute atomic E-state index is 13.0. The summed E-state index contributed by atoms with van der Waals surface area (Å²) in [6.07, 6.45) is -9.56. The lowest BCUT2D eigenvalue weighted by Gasteiger charge is -2.15. The Kier molecular flexibility index (Phi) is 6.08. The van der Waals surface area contributed by atoms with Crippen LogP contribution >= 0.6 is 11.6 Å². The first kappa shape index (κ1) is 20.4.